The van der Waals surface area contributed by atoms with E-state index in [1.165, 1.54) is 12.8 Å². The van der Waals surface area contributed by atoms with Crippen molar-refractivity contribution in [3.8, 4) is 0 Å². The molecule has 0 saturated heterocycles. The van der Waals surface area contributed by atoms with Crippen LogP contribution in [0.3, 0.4) is 0 Å². The average Bonchev–Trinajstić information content (AvgIpc) is 2.20. The number of carbonyl (C=O) groups is 1. The first-order valence-electron chi connectivity index (χ1n) is 4.28. The third kappa shape index (κ3) is 1.39. The highest BCUT2D eigenvalue weighted by Gasteiger charge is 2.29. The van der Waals surface area contributed by atoms with Gasteiger partial charge in [0.1, 0.15) is 5.78 Å². The van der Waals surface area contributed by atoms with Gasteiger partial charge >= 0.3 is 0 Å². The van der Waals surface area contributed by atoms with Crippen LogP contribution in [-0.4, -0.2) is 5.78 Å². The van der Waals surface area contributed by atoms with Gasteiger partial charge in [-0.1, -0.05) is 26.7 Å². The zero-order valence-corrected chi connectivity index (χ0v) is 6.89. The van der Waals surface area contributed by atoms with Crippen LogP contribution in [0.2, 0.25) is 0 Å². The highest BCUT2D eigenvalue weighted by atomic mass is 16.1. The molecule has 0 amide bonds. The van der Waals surface area contributed by atoms with E-state index in [1.54, 1.807) is 0 Å². The van der Waals surface area contributed by atoms with Gasteiger partial charge in [0.25, 0.3) is 0 Å². The normalized spacial score (nSPS) is 33.2. The summed E-state index contributed by atoms with van der Waals surface area (Å²) in [6.07, 6.45) is 4.45. The summed E-state index contributed by atoms with van der Waals surface area (Å²) in [5.74, 6) is 1.55. The fraction of sp³-hybridized carbons (Fsp3) is 0.889. The molecule has 0 aromatic rings. The van der Waals surface area contributed by atoms with Gasteiger partial charge in [-0.3, -0.25) is 4.79 Å². The molecule has 10 heavy (non-hydrogen) atoms. The van der Waals surface area contributed by atoms with E-state index in [9.17, 15) is 4.79 Å². The van der Waals surface area contributed by atoms with Crippen molar-refractivity contribution in [2.24, 2.45) is 11.8 Å². The topological polar surface area (TPSA) is 17.1 Å². The van der Waals surface area contributed by atoms with Crippen molar-refractivity contribution < 1.29 is 4.79 Å². The molecule has 0 aromatic heterocycles. The Kier molecular flexibility index (Phi) is 2.47. The minimum atomic E-state index is 0.361. The molecule has 1 aliphatic rings. The maximum Gasteiger partial charge on any atom is 0.135 e. The number of ketones is 1. The Balaban J connectivity index is 2.41. The van der Waals surface area contributed by atoms with Gasteiger partial charge < -0.3 is 0 Å². The smallest absolute Gasteiger partial charge is 0.135 e. The van der Waals surface area contributed by atoms with Crippen LogP contribution in [0.15, 0.2) is 0 Å². The first-order valence-corrected chi connectivity index (χ1v) is 4.28. The van der Waals surface area contributed by atoms with E-state index in [-0.39, 0.29) is 0 Å². The molecular weight excluding hydrogens is 124 g/mol. The van der Waals surface area contributed by atoms with Gasteiger partial charge in [-0.05, 0) is 12.3 Å². The van der Waals surface area contributed by atoms with Crippen LogP contribution in [0.25, 0.3) is 0 Å². The molecule has 1 heteroatoms. The van der Waals surface area contributed by atoms with Crippen LogP contribution >= 0.6 is 0 Å². The standard InChI is InChI=1S/C9H16O/c1-3-4-8-5-6-9(10)7(8)2/h7-8H,3-6H2,1-2H3/t7-,8+/m1/s1. The van der Waals surface area contributed by atoms with E-state index < -0.39 is 0 Å². The second kappa shape index (κ2) is 3.18. The molecule has 0 unspecified atom stereocenters. The molecule has 58 valence electrons. The third-order valence-electron chi connectivity index (χ3n) is 2.64. The number of hydrogen-bond acceptors (Lipinski definition) is 1. The fourth-order valence-electron chi connectivity index (χ4n) is 1.83. The van der Waals surface area contributed by atoms with Crippen molar-refractivity contribution in [1.29, 1.82) is 0 Å². The summed E-state index contributed by atoms with van der Waals surface area (Å²) >= 11 is 0. The highest BCUT2D eigenvalue weighted by molar-refractivity contribution is 5.82. The Labute approximate surface area is 62.8 Å². The molecule has 0 heterocycles. The zero-order valence-electron chi connectivity index (χ0n) is 6.89. The van der Waals surface area contributed by atoms with Gasteiger partial charge in [-0.2, -0.15) is 0 Å². The number of rotatable bonds is 2. The molecule has 1 fully saturated rings. The Morgan fingerprint density at radius 2 is 2.30 bits per heavy atom. The predicted molar refractivity (Wildman–Crippen MR) is 41.8 cm³/mol. The SMILES string of the molecule is CCC[C@H]1CCC(=O)[C@@H]1C. The van der Waals surface area contributed by atoms with Gasteiger partial charge in [-0.25, -0.2) is 0 Å². The van der Waals surface area contributed by atoms with Crippen LogP contribution in [0.5, 0.6) is 0 Å². The lowest BCUT2D eigenvalue weighted by molar-refractivity contribution is -0.120. The number of Topliss-reactive ketones (excluding diaryl/α,β-unsaturated/α-hetero) is 1. The Hall–Kier alpha value is -0.330. The lowest BCUT2D eigenvalue weighted by atomic mass is 9.93. The minimum Gasteiger partial charge on any atom is -0.299 e. The van der Waals surface area contributed by atoms with Gasteiger partial charge in [0.05, 0.1) is 0 Å². The molecule has 0 N–H and O–H groups in total. The van der Waals surface area contributed by atoms with Gasteiger partial charge in [0, 0.05) is 12.3 Å². The van der Waals surface area contributed by atoms with E-state index in [0.29, 0.717) is 17.6 Å². The second-order valence-electron chi connectivity index (χ2n) is 3.34. The van der Waals surface area contributed by atoms with E-state index >= 15 is 0 Å². The van der Waals surface area contributed by atoms with Crippen LogP contribution in [0.1, 0.15) is 39.5 Å². The molecule has 0 radical (unpaired) electrons. The quantitative estimate of drug-likeness (QED) is 0.575. The molecule has 0 bridgehead atoms. The summed E-state index contributed by atoms with van der Waals surface area (Å²) in [4.78, 5) is 11.1. The van der Waals surface area contributed by atoms with Crippen molar-refractivity contribution >= 4 is 5.78 Å². The molecule has 0 aromatic carbocycles. The van der Waals surface area contributed by atoms with Crippen LogP contribution < -0.4 is 0 Å². The van der Waals surface area contributed by atoms with Crippen molar-refractivity contribution in [2.75, 3.05) is 0 Å². The van der Waals surface area contributed by atoms with E-state index in [4.69, 9.17) is 0 Å². The van der Waals surface area contributed by atoms with E-state index in [1.807, 2.05) is 0 Å². The predicted octanol–water partition coefficient (Wildman–Crippen LogP) is 2.40. The molecule has 0 aliphatic heterocycles. The van der Waals surface area contributed by atoms with Crippen molar-refractivity contribution in [1.82, 2.24) is 0 Å². The summed E-state index contributed by atoms with van der Waals surface area (Å²) in [5, 5.41) is 0. The number of carbonyl (C=O) groups excluding carboxylic acids is 1. The van der Waals surface area contributed by atoms with Crippen LogP contribution in [-0.2, 0) is 4.79 Å². The largest absolute Gasteiger partial charge is 0.299 e. The maximum atomic E-state index is 11.1. The van der Waals surface area contributed by atoms with E-state index in [0.717, 1.165) is 12.8 Å². The average molecular weight is 140 g/mol. The monoisotopic (exact) mass is 140 g/mol. The Morgan fingerprint density at radius 1 is 1.60 bits per heavy atom. The molecule has 1 saturated carbocycles. The summed E-state index contributed by atoms with van der Waals surface area (Å²) in [6.45, 7) is 4.27. The van der Waals surface area contributed by atoms with Gasteiger partial charge in [-0.15, -0.1) is 0 Å². The van der Waals surface area contributed by atoms with Crippen molar-refractivity contribution in [3.63, 3.8) is 0 Å². The summed E-state index contributed by atoms with van der Waals surface area (Å²) in [6, 6.07) is 0. The molecule has 1 rings (SSSR count). The van der Waals surface area contributed by atoms with Crippen LogP contribution in [0, 0.1) is 11.8 Å². The lowest BCUT2D eigenvalue weighted by Gasteiger charge is -2.11. The second-order valence-corrected chi connectivity index (χ2v) is 3.34. The van der Waals surface area contributed by atoms with Gasteiger partial charge in [0.15, 0.2) is 0 Å². The van der Waals surface area contributed by atoms with Crippen LogP contribution in [0.4, 0.5) is 0 Å². The number of hydrogen-bond donors (Lipinski definition) is 0. The first kappa shape index (κ1) is 7.77. The first-order chi connectivity index (χ1) is 4.75. The molecule has 0 spiro atoms. The molecular formula is C9H16O. The third-order valence-corrected chi connectivity index (χ3v) is 2.64. The minimum absolute atomic E-state index is 0.361. The Bertz CT molecular complexity index is 129. The Morgan fingerprint density at radius 3 is 2.70 bits per heavy atom. The van der Waals surface area contributed by atoms with E-state index in [2.05, 4.69) is 13.8 Å². The molecule has 2 atom stereocenters. The summed E-state index contributed by atoms with van der Waals surface area (Å²) in [7, 11) is 0. The maximum absolute atomic E-state index is 11.1. The lowest BCUT2D eigenvalue weighted by Crippen LogP contribution is -2.09. The highest BCUT2D eigenvalue weighted by Crippen LogP contribution is 2.31. The molecule has 1 aliphatic carbocycles. The van der Waals surface area contributed by atoms with Crippen molar-refractivity contribution in [3.05, 3.63) is 0 Å². The van der Waals surface area contributed by atoms with Gasteiger partial charge in [0.2, 0.25) is 0 Å². The molecule has 1 nitrogen and oxygen atoms in total. The fourth-order valence-corrected chi connectivity index (χ4v) is 1.83. The summed E-state index contributed by atoms with van der Waals surface area (Å²) < 4.78 is 0. The van der Waals surface area contributed by atoms with Crippen molar-refractivity contribution in [2.45, 2.75) is 39.5 Å². The zero-order chi connectivity index (χ0) is 7.56. The summed E-state index contributed by atoms with van der Waals surface area (Å²) in [5.41, 5.74) is 0.